The Labute approximate surface area is 243 Å². The number of hydrogen-bond donors (Lipinski definition) is 1. The van der Waals surface area contributed by atoms with Gasteiger partial charge in [-0.15, -0.1) is 0 Å². The van der Waals surface area contributed by atoms with E-state index in [-0.39, 0.29) is 23.6 Å². The van der Waals surface area contributed by atoms with E-state index in [2.05, 4.69) is 9.88 Å². The number of hydrogen-bond acceptors (Lipinski definition) is 6. The van der Waals surface area contributed by atoms with Gasteiger partial charge in [-0.25, -0.2) is 9.78 Å². The van der Waals surface area contributed by atoms with Crippen LogP contribution in [0.3, 0.4) is 0 Å². The fourth-order valence-electron chi connectivity index (χ4n) is 4.82. The summed E-state index contributed by atoms with van der Waals surface area (Å²) in [6, 6.07) is 13.7. The van der Waals surface area contributed by atoms with E-state index in [4.69, 9.17) is 6.13 Å². The number of aromatic nitrogens is 3. The lowest BCUT2D eigenvalue weighted by Gasteiger charge is -2.18. The van der Waals surface area contributed by atoms with E-state index in [1.165, 1.54) is 0 Å². The van der Waals surface area contributed by atoms with Crippen molar-refractivity contribution in [1.82, 2.24) is 14.1 Å². The summed E-state index contributed by atoms with van der Waals surface area (Å²) >= 11 is 3.84. The molecule has 1 saturated heterocycles. The van der Waals surface area contributed by atoms with Crippen molar-refractivity contribution in [1.29, 1.82) is 0 Å². The van der Waals surface area contributed by atoms with Gasteiger partial charge in [0.2, 0.25) is 0 Å². The van der Waals surface area contributed by atoms with E-state index in [0.29, 0.717) is 13.1 Å². The van der Waals surface area contributed by atoms with Crippen LogP contribution in [-0.4, -0.2) is 44.5 Å². The smallest absolute Gasteiger partial charge is 0.332 e. The molecule has 1 aliphatic rings. The normalized spacial score (nSPS) is 17.5. The summed E-state index contributed by atoms with van der Waals surface area (Å²) in [6.07, 6.45) is 5.18. The summed E-state index contributed by atoms with van der Waals surface area (Å²) < 4.78 is 14.3. The first-order valence-corrected chi connectivity index (χ1v) is 13.5. The van der Waals surface area contributed by atoms with E-state index in [9.17, 15) is 9.90 Å². The number of aromatic hydroxyl groups is 1. The summed E-state index contributed by atoms with van der Waals surface area (Å²) in [5, 5.41) is 11.4. The van der Waals surface area contributed by atoms with Gasteiger partial charge in [0.25, 0.3) is 0 Å². The maximum Gasteiger partial charge on any atom is 0.332 e. The molecule has 1 fully saturated rings. The molecule has 0 aliphatic carbocycles. The van der Waals surface area contributed by atoms with Crippen molar-refractivity contribution in [2.75, 3.05) is 18.0 Å². The molecule has 10 heteroatoms. The van der Waals surface area contributed by atoms with Gasteiger partial charge >= 0.3 is 5.69 Å². The Morgan fingerprint density at radius 2 is 1.59 bits per heavy atom. The van der Waals surface area contributed by atoms with Crippen molar-refractivity contribution < 1.29 is 11.2 Å². The molecule has 37 heavy (non-hydrogen) atoms. The maximum absolute atomic E-state index is 12.4. The van der Waals surface area contributed by atoms with Crippen LogP contribution in [0.2, 0.25) is 0 Å². The number of pyridine rings is 1. The van der Waals surface area contributed by atoms with E-state index in [0.717, 1.165) is 44.9 Å². The van der Waals surface area contributed by atoms with E-state index in [1.807, 2.05) is 102 Å². The molecule has 0 bridgehead atoms. The minimum absolute atomic E-state index is 0.0418. The molecule has 192 valence electrons. The maximum atomic E-state index is 12.4. The molecular weight excluding hydrogens is 698 g/mol. The topological polar surface area (TPSA) is 81.8 Å². The van der Waals surface area contributed by atoms with Crippen LogP contribution in [0, 0.1) is 13.8 Å². The van der Waals surface area contributed by atoms with Gasteiger partial charge in [-0.05, 0) is 72.5 Å². The van der Waals surface area contributed by atoms with Crippen molar-refractivity contribution in [3.63, 3.8) is 0 Å². The molecule has 4 aromatic rings. The largest absolute Gasteiger partial charge is 0.507 e. The van der Waals surface area contributed by atoms with Crippen LogP contribution in [0.1, 0.15) is 11.1 Å². The highest BCUT2D eigenvalue weighted by Gasteiger charge is 2.35. The Bertz CT molecular complexity index is 1500. The first-order valence-electron chi connectivity index (χ1n) is 11.8. The standard InChI is InChI=1S/C27H26I2N4O4/c1-16-10-20(18-4-5-22(17(2)12-18)33-9-8-31(3)27(33)35)26(34)21(11-16)19-6-7-30-25(13-19)32-14-23(36-28)24(15-32)37-29/h4-13,23-24,34H,14-15H2,1-3H3/t23-,24?/m1/s1. The minimum Gasteiger partial charge on any atom is -0.507 e. The summed E-state index contributed by atoms with van der Waals surface area (Å²) in [5.41, 5.74) is 5.91. The second kappa shape index (κ2) is 10.8. The highest BCUT2D eigenvalue weighted by Crippen LogP contribution is 2.40. The molecule has 0 saturated carbocycles. The van der Waals surface area contributed by atoms with E-state index >= 15 is 0 Å². The Morgan fingerprint density at radius 3 is 2.16 bits per heavy atom. The number of rotatable bonds is 6. The Kier molecular flexibility index (Phi) is 7.61. The second-order valence-electron chi connectivity index (χ2n) is 9.33. The molecule has 2 aromatic heterocycles. The fraction of sp³-hybridized carbons (Fsp3) is 0.259. The number of anilines is 1. The third-order valence-corrected chi connectivity index (χ3v) is 8.10. The van der Waals surface area contributed by atoms with Gasteiger partial charge < -0.3 is 20.7 Å². The van der Waals surface area contributed by atoms with Crippen molar-refractivity contribution in [2.24, 2.45) is 7.05 Å². The van der Waals surface area contributed by atoms with Crippen molar-refractivity contribution in [3.8, 4) is 33.7 Å². The predicted octanol–water partition coefficient (Wildman–Crippen LogP) is 5.52. The first kappa shape index (κ1) is 26.2. The van der Waals surface area contributed by atoms with Gasteiger partial charge in [0.15, 0.2) is 0 Å². The molecule has 0 amide bonds. The molecule has 5 rings (SSSR count). The van der Waals surface area contributed by atoms with Gasteiger partial charge in [-0.2, -0.15) is 0 Å². The zero-order valence-corrected chi connectivity index (χ0v) is 24.9. The quantitative estimate of drug-likeness (QED) is 0.264. The van der Waals surface area contributed by atoms with E-state index < -0.39 is 0 Å². The van der Waals surface area contributed by atoms with Crippen LogP contribution in [-0.2, 0) is 13.2 Å². The number of phenolic OH excluding ortho intramolecular Hbond substituents is 1. The number of halogens is 2. The van der Waals surface area contributed by atoms with Crippen LogP contribution in [0.4, 0.5) is 5.82 Å². The molecule has 3 heterocycles. The molecule has 8 nitrogen and oxygen atoms in total. The zero-order chi connectivity index (χ0) is 26.3. The number of aryl methyl sites for hydroxylation is 3. The van der Waals surface area contributed by atoms with Gasteiger partial charge in [0, 0.05) is 49.9 Å². The highest BCUT2D eigenvalue weighted by molar-refractivity contribution is 14.1. The third-order valence-electron chi connectivity index (χ3n) is 6.79. The Hall–Kier alpha value is -2.42. The summed E-state index contributed by atoms with van der Waals surface area (Å²) in [7, 11) is 1.73. The minimum atomic E-state index is -0.101. The van der Waals surface area contributed by atoms with Crippen LogP contribution in [0.15, 0.2) is 65.8 Å². The third kappa shape index (κ3) is 5.03. The first-order chi connectivity index (χ1) is 17.8. The fourth-order valence-corrected chi connectivity index (χ4v) is 5.80. The Morgan fingerprint density at radius 1 is 0.946 bits per heavy atom. The van der Waals surface area contributed by atoms with Gasteiger partial charge in [-0.3, -0.25) is 4.57 Å². The van der Waals surface area contributed by atoms with Gasteiger partial charge in [0.1, 0.15) is 69.8 Å². The second-order valence-corrected chi connectivity index (χ2v) is 10.4. The molecule has 1 aliphatic heterocycles. The Balaban J connectivity index is 1.51. The molecule has 1 N–H and O–H groups in total. The lowest BCUT2D eigenvalue weighted by molar-refractivity contribution is 0.166. The summed E-state index contributed by atoms with van der Waals surface area (Å²) in [6.45, 7) is 5.34. The van der Waals surface area contributed by atoms with Crippen molar-refractivity contribution in [3.05, 3.63) is 82.7 Å². The van der Waals surface area contributed by atoms with Gasteiger partial charge in [0.05, 0.1) is 5.69 Å². The average Bonchev–Trinajstić information content (AvgIpc) is 3.48. The molecule has 2 atom stereocenters. The van der Waals surface area contributed by atoms with Gasteiger partial charge in [-0.1, -0.05) is 6.07 Å². The van der Waals surface area contributed by atoms with Crippen LogP contribution in [0.25, 0.3) is 27.9 Å². The number of imidazole rings is 1. The lowest BCUT2D eigenvalue weighted by Crippen LogP contribution is -2.24. The predicted molar refractivity (Wildman–Crippen MR) is 161 cm³/mol. The van der Waals surface area contributed by atoms with Crippen LogP contribution in [0.5, 0.6) is 5.75 Å². The summed E-state index contributed by atoms with van der Waals surface area (Å²) in [4.78, 5) is 19.1. The molecule has 1 unspecified atom stereocenters. The zero-order valence-electron chi connectivity index (χ0n) is 20.6. The molecular formula is C27H26I2N4O4. The number of nitrogens with zero attached hydrogens (tertiary/aromatic N) is 4. The highest BCUT2D eigenvalue weighted by atomic mass is 127. The molecule has 2 aromatic carbocycles. The SMILES string of the molecule is Cc1cc(-c2ccnc(N3CC(OI)[C@H](OI)C3)c2)c(O)c(-c2ccc(-n3ccn(C)c3=O)c(C)c2)c1. The van der Waals surface area contributed by atoms with Crippen LogP contribution >= 0.6 is 46.0 Å². The lowest BCUT2D eigenvalue weighted by atomic mass is 9.94. The number of phenols is 1. The average molecular weight is 724 g/mol. The van der Waals surface area contributed by atoms with Crippen molar-refractivity contribution in [2.45, 2.75) is 26.1 Å². The van der Waals surface area contributed by atoms with E-state index in [1.54, 1.807) is 34.8 Å². The molecule has 0 spiro atoms. The monoisotopic (exact) mass is 724 g/mol. The van der Waals surface area contributed by atoms with Crippen molar-refractivity contribution >= 4 is 51.8 Å². The number of benzene rings is 2. The van der Waals surface area contributed by atoms with Crippen LogP contribution < -0.4 is 10.6 Å². The molecule has 0 radical (unpaired) electrons. The summed E-state index contributed by atoms with van der Waals surface area (Å²) in [5.74, 6) is 1.01.